The number of benzene rings is 1. The highest BCUT2D eigenvalue weighted by Crippen LogP contribution is 2.24. The summed E-state index contributed by atoms with van der Waals surface area (Å²) in [6.45, 7) is 1.37. The highest BCUT2D eigenvalue weighted by Gasteiger charge is 2.41. The van der Waals surface area contributed by atoms with Crippen molar-refractivity contribution in [2.45, 2.75) is 32.0 Å². The summed E-state index contributed by atoms with van der Waals surface area (Å²) in [6.07, 6.45) is 1.70. The Morgan fingerprint density at radius 2 is 1.85 bits per heavy atom. The zero-order valence-corrected chi connectivity index (χ0v) is 11.3. The van der Waals surface area contributed by atoms with Gasteiger partial charge in [-0.05, 0) is 24.0 Å². The largest absolute Gasteiger partial charge is 0.392 e. The van der Waals surface area contributed by atoms with E-state index >= 15 is 0 Å². The minimum absolute atomic E-state index is 0.0123. The highest BCUT2D eigenvalue weighted by atomic mass is 16.3. The van der Waals surface area contributed by atoms with Crippen LogP contribution in [0, 0.1) is 0 Å². The third-order valence-electron chi connectivity index (χ3n) is 4.07. The third-order valence-corrected chi connectivity index (χ3v) is 4.07. The minimum Gasteiger partial charge on any atom is -0.392 e. The molecule has 2 amide bonds. The maximum Gasteiger partial charge on any atom is 0.246 e. The highest BCUT2D eigenvalue weighted by molar-refractivity contribution is 5.95. The SMILES string of the molecule is O=C1C2CCCN2C(=O)CN1Cc1ccc(CO)cc1. The van der Waals surface area contributed by atoms with Crippen LogP contribution in [0.2, 0.25) is 0 Å². The van der Waals surface area contributed by atoms with Crippen molar-refractivity contribution in [1.29, 1.82) is 0 Å². The van der Waals surface area contributed by atoms with E-state index in [0.717, 1.165) is 24.0 Å². The van der Waals surface area contributed by atoms with Crippen LogP contribution in [0.15, 0.2) is 24.3 Å². The number of hydrogen-bond acceptors (Lipinski definition) is 3. The predicted molar refractivity (Wildman–Crippen MR) is 72.5 cm³/mol. The summed E-state index contributed by atoms with van der Waals surface area (Å²) in [5.41, 5.74) is 1.83. The lowest BCUT2D eigenvalue weighted by molar-refractivity contribution is -0.154. The van der Waals surface area contributed by atoms with Gasteiger partial charge in [-0.3, -0.25) is 9.59 Å². The van der Waals surface area contributed by atoms with Gasteiger partial charge in [-0.2, -0.15) is 0 Å². The molecule has 0 radical (unpaired) electrons. The lowest BCUT2D eigenvalue weighted by Crippen LogP contribution is -2.56. The number of fused-ring (bicyclic) bond motifs is 1. The van der Waals surface area contributed by atoms with E-state index in [9.17, 15) is 9.59 Å². The first-order valence-electron chi connectivity index (χ1n) is 6.96. The molecule has 5 nitrogen and oxygen atoms in total. The van der Waals surface area contributed by atoms with Crippen LogP contribution in [-0.2, 0) is 22.7 Å². The van der Waals surface area contributed by atoms with Crippen LogP contribution < -0.4 is 0 Å². The maximum atomic E-state index is 12.4. The lowest BCUT2D eigenvalue weighted by atomic mass is 10.1. The molecule has 2 fully saturated rings. The minimum atomic E-state index is -0.243. The summed E-state index contributed by atoms with van der Waals surface area (Å²) in [7, 11) is 0. The van der Waals surface area contributed by atoms with Gasteiger partial charge in [0.25, 0.3) is 0 Å². The van der Waals surface area contributed by atoms with E-state index < -0.39 is 0 Å². The standard InChI is InChI=1S/C15H18N2O3/c18-10-12-5-3-11(4-6-12)8-16-9-14(19)17-7-1-2-13(17)15(16)20/h3-6,13,18H,1-2,7-10H2. The normalized spacial score (nSPS) is 22.4. The molecule has 2 saturated heterocycles. The molecule has 3 rings (SSSR count). The van der Waals surface area contributed by atoms with Crippen LogP contribution in [0.3, 0.4) is 0 Å². The molecule has 0 spiro atoms. The number of aliphatic hydroxyl groups excluding tert-OH is 1. The zero-order chi connectivity index (χ0) is 14.1. The molecule has 20 heavy (non-hydrogen) atoms. The first kappa shape index (κ1) is 13.1. The lowest BCUT2D eigenvalue weighted by Gasteiger charge is -2.36. The Bertz CT molecular complexity index is 526. The second kappa shape index (κ2) is 5.25. The maximum absolute atomic E-state index is 12.4. The molecule has 0 aromatic heterocycles. The van der Waals surface area contributed by atoms with Crippen molar-refractivity contribution in [3.05, 3.63) is 35.4 Å². The molecule has 0 saturated carbocycles. The molecular weight excluding hydrogens is 256 g/mol. The molecule has 2 aliphatic rings. The Morgan fingerprint density at radius 1 is 1.15 bits per heavy atom. The molecule has 1 unspecified atom stereocenters. The molecule has 0 aliphatic carbocycles. The molecule has 0 bridgehead atoms. The summed E-state index contributed by atoms with van der Waals surface area (Å²) in [6, 6.07) is 7.23. The Kier molecular flexibility index (Phi) is 3.44. The van der Waals surface area contributed by atoms with Crippen molar-refractivity contribution < 1.29 is 14.7 Å². The molecular formula is C15H18N2O3. The molecule has 2 aliphatic heterocycles. The van der Waals surface area contributed by atoms with Gasteiger partial charge < -0.3 is 14.9 Å². The number of amides is 2. The van der Waals surface area contributed by atoms with Crippen LogP contribution in [0.5, 0.6) is 0 Å². The molecule has 2 heterocycles. The Morgan fingerprint density at radius 3 is 2.55 bits per heavy atom. The fraction of sp³-hybridized carbons (Fsp3) is 0.467. The average molecular weight is 274 g/mol. The molecule has 1 aromatic carbocycles. The summed E-state index contributed by atoms with van der Waals surface area (Å²) in [4.78, 5) is 27.8. The van der Waals surface area contributed by atoms with Gasteiger partial charge in [0, 0.05) is 13.1 Å². The summed E-state index contributed by atoms with van der Waals surface area (Å²) < 4.78 is 0. The van der Waals surface area contributed by atoms with E-state index in [4.69, 9.17) is 5.11 Å². The first-order chi connectivity index (χ1) is 9.69. The van der Waals surface area contributed by atoms with E-state index in [-0.39, 0.29) is 31.0 Å². The smallest absolute Gasteiger partial charge is 0.246 e. The van der Waals surface area contributed by atoms with Crippen molar-refractivity contribution >= 4 is 11.8 Å². The van der Waals surface area contributed by atoms with Gasteiger partial charge in [0.15, 0.2) is 0 Å². The number of rotatable bonds is 3. The van der Waals surface area contributed by atoms with Gasteiger partial charge in [0.1, 0.15) is 12.6 Å². The van der Waals surface area contributed by atoms with Crippen LogP contribution in [0.25, 0.3) is 0 Å². The molecule has 1 N–H and O–H groups in total. The van der Waals surface area contributed by atoms with Crippen molar-refractivity contribution in [3.63, 3.8) is 0 Å². The second-order valence-corrected chi connectivity index (χ2v) is 5.41. The Hall–Kier alpha value is -1.88. The van der Waals surface area contributed by atoms with Crippen molar-refractivity contribution in [2.24, 2.45) is 0 Å². The predicted octanol–water partition coefficient (Wildman–Crippen LogP) is 0.512. The van der Waals surface area contributed by atoms with Gasteiger partial charge in [0.05, 0.1) is 6.61 Å². The number of aliphatic hydroxyl groups is 1. The fourth-order valence-corrected chi connectivity index (χ4v) is 2.97. The molecule has 106 valence electrons. The molecule has 1 aromatic rings. The van der Waals surface area contributed by atoms with E-state index in [1.807, 2.05) is 24.3 Å². The molecule has 5 heteroatoms. The number of nitrogens with zero attached hydrogens (tertiary/aromatic N) is 2. The summed E-state index contributed by atoms with van der Waals surface area (Å²) >= 11 is 0. The van der Waals surface area contributed by atoms with Crippen LogP contribution >= 0.6 is 0 Å². The van der Waals surface area contributed by atoms with E-state index in [0.29, 0.717) is 13.1 Å². The van der Waals surface area contributed by atoms with Crippen molar-refractivity contribution in [1.82, 2.24) is 9.80 Å². The molecule has 1 atom stereocenters. The number of piperazine rings is 1. The van der Waals surface area contributed by atoms with Gasteiger partial charge in [-0.15, -0.1) is 0 Å². The number of carbonyl (C=O) groups excluding carboxylic acids is 2. The van der Waals surface area contributed by atoms with Gasteiger partial charge >= 0.3 is 0 Å². The van der Waals surface area contributed by atoms with Crippen molar-refractivity contribution in [2.75, 3.05) is 13.1 Å². The van der Waals surface area contributed by atoms with Crippen molar-refractivity contribution in [3.8, 4) is 0 Å². The Labute approximate surface area is 117 Å². The van der Waals surface area contributed by atoms with E-state index in [2.05, 4.69) is 0 Å². The summed E-state index contributed by atoms with van der Waals surface area (Å²) in [5, 5.41) is 9.01. The van der Waals surface area contributed by atoms with E-state index in [1.54, 1.807) is 9.80 Å². The Balaban J connectivity index is 1.73. The third kappa shape index (κ3) is 2.29. The van der Waals surface area contributed by atoms with Crippen LogP contribution in [0.4, 0.5) is 0 Å². The van der Waals surface area contributed by atoms with Crippen LogP contribution in [0.1, 0.15) is 24.0 Å². The van der Waals surface area contributed by atoms with Gasteiger partial charge in [0.2, 0.25) is 11.8 Å². The first-order valence-corrected chi connectivity index (χ1v) is 6.96. The monoisotopic (exact) mass is 274 g/mol. The quantitative estimate of drug-likeness (QED) is 0.873. The topological polar surface area (TPSA) is 60.9 Å². The number of carbonyl (C=O) groups is 2. The van der Waals surface area contributed by atoms with Crippen LogP contribution in [-0.4, -0.2) is 45.9 Å². The van der Waals surface area contributed by atoms with Gasteiger partial charge in [-0.25, -0.2) is 0 Å². The summed E-state index contributed by atoms with van der Waals surface area (Å²) in [5.74, 6) is 0.118. The fourth-order valence-electron chi connectivity index (χ4n) is 2.97. The average Bonchev–Trinajstić information content (AvgIpc) is 2.95. The number of hydrogen-bond donors (Lipinski definition) is 1. The zero-order valence-electron chi connectivity index (χ0n) is 11.3. The van der Waals surface area contributed by atoms with Gasteiger partial charge in [-0.1, -0.05) is 24.3 Å². The second-order valence-electron chi connectivity index (χ2n) is 5.41. The van der Waals surface area contributed by atoms with E-state index in [1.165, 1.54) is 0 Å².